The molecule has 0 atom stereocenters. The Balaban J connectivity index is 3.12. The van der Waals surface area contributed by atoms with Crippen molar-refractivity contribution in [3.63, 3.8) is 0 Å². The van der Waals surface area contributed by atoms with E-state index >= 15 is 0 Å². The fourth-order valence-electron chi connectivity index (χ4n) is 1.10. The Bertz CT molecular complexity index is 512. The van der Waals surface area contributed by atoms with Crippen molar-refractivity contribution in [2.24, 2.45) is 5.16 Å². The Kier molecular flexibility index (Phi) is 4.56. The van der Waals surface area contributed by atoms with Gasteiger partial charge in [-0.15, -0.1) is 0 Å². The van der Waals surface area contributed by atoms with Crippen molar-refractivity contribution in [2.45, 2.75) is 25.8 Å². The van der Waals surface area contributed by atoms with Gasteiger partial charge in [0.25, 0.3) is 0 Å². The minimum Gasteiger partial charge on any atom is -0.396 e. The first-order valence-electron chi connectivity index (χ1n) is 5.23. The van der Waals surface area contributed by atoms with Crippen LogP contribution in [0.25, 0.3) is 0 Å². The van der Waals surface area contributed by atoms with Crippen LogP contribution >= 0.6 is 0 Å². The monoisotopic (exact) mass is 257 g/mol. The Labute approximate surface area is 101 Å². The molecule has 0 N–H and O–H groups in total. The average Bonchev–Trinajstić information content (AvgIpc) is 2.31. The molecule has 17 heavy (non-hydrogen) atoms. The highest BCUT2D eigenvalue weighted by atomic mass is 32.2. The van der Waals surface area contributed by atoms with E-state index in [2.05, 4.69) is 15.1 Å². The Morgan fingerprint density at radius 2 is 2.18 bits per heavy atom. The molecule has 0 aliphatic carbocycles. The van der Waals surface area contributed by atoms with Gasteiger partial charge >= 0.3 is 0 Å². The van der Waals surface area contributed by atoms with E-state index in [0.717, 1.165) is 0 Å². The summed E-state index contributed by atoms with van der Waals surface area (Å²) in [6, 6.07) is 0. The summed E-state index contributed by atoms with van der Waals surface area (Å²) in [5.41, 5.74) is 0.747. The van der Waals surface area contributed by atoms with Crippen LogP contribution in [0.15, 0.2) is 16.4 Å². The van der Waals surface area contributed by atoms with Gasteiger partial charge in [0.1, 0.15) is 12.3 Å². The van der Waals surface area contributed by atoms with Crippen LogP contribution in [0.5, 0.6) is 0 Å². The third-order valence-electron chi connectivity index (χ3n) is 1.99. The van der Waals surface area contributed by atoms with E-state index in [9.17, 15) is 8.42 Å². The largest absolute Gasteiger partial charge is 0.396 e. The molecule has 1 rings (SSSR count). The second kappa shape index (κ2) is 5.72. The van der Waals surface area contributed by atoms with Gasteiger partial charge in [0.05, 0.1) is 23.9 Å². The number of hydrogen-bond acceptors (Lipinski definition) is 6. The van der Waals surface area contributed by atoms with Crippen LogP contribution in [-0.4, -0.2) is 37.0 Å². The van der Waals surface area contributed by atoms with E-state index in [1.165, 1.54) is 12.4 Å². The van der Waals surface area contributed by atoms with E-state index in [0.29, 0.717) is 18.0 Å². The summed E-state index contributed by atoms with van der Waals surface area (Å²) in [4.78, 5) is 12.8. The minimum atomic E-state index is -3.36. The molecule has 1 aromatic rings. The smallest absolute Gasteiger partial charge is 0.197 e. The zero-order chi connectivity index (χ0) is 12.9. The van der Waals surface area contributed by atoms with Crippen LogP contribution in [0.4, 0.5) is 0 Å². The normalized spacial score (nSPS) is 11.9. The van der Waals surface area contributed by atoms with Gasteiger partial charge in [-0.2, -0.15) is 0 Å². The Hall–Kier alpha value is -1.50. The second-order valence-electron chi connectivity index (χ2n) is 3.24. The van der Waals surface area contributed by atoms with Crippen molar-refractivity contribution < 1.29 is 13.3 Å². The van der Waals surface area contributed by atoms with Crippen molar-refractivity contribution >= 4 is 16.1 Å². The van der Waals surface area contributed by atoms with Crippen molar-refractivity contribution in [1.82, 2.24) is 9.97 Å². The quantitative estimate of drug-likeness (QED) is 0.579. The summed E-state index contributed by atoms with van der Waals surface area (Å²) >= 11 is 0. The van der Waals surface area contributed by atoms with Gasteiger partial charge in [-0.3, -0.25) is 4.98 Å². The molecule has 0 aliphatic rings. The minimum absolute atomic E-state index is 0.000415. The van der Waals surface area contributed by atoms with E-state index in [1.807, 2.05) is 0 Å². The topological polar surface area (TPSA) is 81.5 Å². The van der Waals surface area contributed by atoms with Gasteiger partial charge in [0.2, 0.25) is 0 Å². The summed E-state index contributed by atoms with van der Waals surface area (Å²) < 4.78 is 23.5. The van der Waals surface area contributed by atoms with Crippen molar-refractivity contribution in [3.8, 4) is 0 Å². The molecule has 0 unspecified atom stereocenters. The maximum atomic E-state index is 11.7. The first-order chi connectivity index (χ1) is 8.01. The molecule has 0 amide bonds. The third-order valence-corrected chi connectivity index (χ3v) is 3.73. The predicted molar refractivity (Wildman–Crippen MR) is 63.7 cm³/mol. The lowest BCUT2D eigenvalue weighted by Crippen LogP contribution is -2.11. The third kappa shape index (κ3) is 3.48. The predicted octanol–water partition coefficient (Wildman–Crippen LogP) is 0.949. The SMILES string of the molecule is CCO/N=C/c1cnc(C)c(S(=O)(=O)CC)n1. The molecule has 0 radical (unpaired) electrons. The molecule has 0 saturated heterocycles. The summed E-state index contributed by atoms with van der Waals surface area (Å²) in [5, 5.41) is 3.62. The van der Waals surface area contributed by atoms with Crippen LogP contribution in [0.2, 0.25) is 0 Å². The first kappa shape index (κ1) is 13.6. The molecule has 0 aliphatic heterocycles. The summed E-state index contributed by atoms with van der Waals surface area (Å²) in [6.07, 6.45) is 2.79. The van der Waals surface area contributed by atoms with E-state index in [-0.39, 0.29) is 10.8 Å². The fourth-order valence-corrected chi connectivity index (χ4v) is 2.13. The summed E-state index contributed by atoms with van der Waals surface area (Å²) in [6.45, 7) is 5.41. The maximum Gasteiger partial charge on any atom is 0.197 e. The Morgan fingerprint density at radius 1 is 1.47 bits per heavy atom. The first-order valence-corrected chi connectivity index (χ1v) is 6.88. The van der Waals surface area contributed by atoms with Gasteiger partial charge in [-0.05, 0) is 13.8 Å². The lowest BCUT2D eigenvalue weighted by atomic mass is 10.4. The lowest BCUT2D eigenvalue weighted by molar-refractivity contribution is 0.160. The van der Waals surface area contributed by atoms with Crippen LogP contribution < -0.4 is 0 Å². The van der Waals surface area contributed by atoms with Gasteiger partial charge < -0.3 is 4.84 Å². The van der Waals surface area contributed by atoms with Crippen LogP contribution in [0.3, 0.4) is 0 Å². The summed E-state index contributed by atoms with van der Waals surface area (Å²) in [7, 11) is -3.36. The van der Waals surface area contributed by atoms with Gasteiger partial charge in [0, 0.05) is 0 Å². The standard InChI is InChI=1S/C10H15N3O3S/c1-4-16-12-7-9-6-11-8(3)10(13-9)17(14,15)5-2/h6-7H,4-5H2,1-3H3/b12-7+. The van der Waals surface area contributed by atoms with Crippen LogP contribution in [0.1, 0.15) is 25.2 Å². The second-order valence-corrected chi connectivity index (χ2v) is 5.43. The maximum absolute atomic E-state index is 11.7. The van der Waals surface area contributed by atoms with Gasteiger partial charge in [-0.25, -0.2) is 13.4 Å². The van der Waals surface area contributed by atoms with E-state index in [1.54, 1.807) is 20.8 Å². The van der Waals surface area contributed by atoms with Crippen molar-refractivity contribution in [1.29, 1.82) is 0 Å². The van der Waals surface area contributed by atoms with Gasteiger partial charge in [0.15, 0.2) is 14.9 Å². The lowest BCUT2D eigenvalue weighted by Gasteiger charge is -2.04. The number of oxime groups is 1. The molecule has 1 aromatic heterocycles. The van der Waals surface area contributed by atoms with Crippen LogP contribution in [-0.2, 0) is 14.7 Å². The molecule has 0 fully saturated rings. The molecule has 7 heteroatoms. The molecule has 0 bridgehead atoms. The van der Waals surface area contributed by atoms with Crippen molar-refractivity contribution in [2.75, 3.05) is 12.4 Å². The molecule has 0 spiro atoms. The number of sulfone groups is 1. The zero-order valence-electron chi connectivity index (χ0n) is 10.0. The number of nitrogens with zero attached hydrogens (tertiary/aromatic N) is 3. The molecule has 94 valence electrons. The van der Waals surface area contributed by atoms with Gasteiger partial charge in [-0.1, -0.05) is 12.1 Å². The highest BCUT2D eigenvalue weighted by Crippen LogP contribution is 2.11. The Morgan fingerprint density at radius 3 is 2.76 bits per heavy atom. The highest BCUT2D eigenvalue weighted by Gasteiger charge is 2.17. The number of rotatable bonds is 5. The fraction of sp³-hybridized carbons (Fsp3) is 0.500. The molecule has 1 heterocycles. The average molecular weight is 257 g/mol. The van der Waals surface area contributed by atoms with Crippen LogP contribution in [0, 0.1) is 6.92 Å². The molecular weight excluding hydrogens is 242 g/mol. The molecule has 0 saturated carbocycles. The molecular formula is C10H15N3O3S. The zero-order valence-corrected chi connectivity index (χ0v) is 10.9. The summed E-state index contributed by atoms with van der Waals surface area (Å²) in [5.74, 6) is -0.00538. The number of aromatic nitrogens is 2. The number of aryl methyl sites for hydroxylation is 1. The highest BCUT2D eigenvalue weighted by molar-refractivity contribution is 7.91. The van der Waals surface area contributed by atoms with Crippen molar-refractivity contribution in [3.05, 3.63) is 17.6 Å². The molecule has 0 aromatic carbocycles. The molecule has 6 nitrogen and oxygen atoms in total. The van der Waals surface area contributed by atoms with E-state index < -0.39 is 9.84 Å². The number of hydrogen-bond donors (Lipinski definition) is 0. The van der Waals surface area contributed by atoms with E-state index in [4.69, 9.17) is 4.84 Å².